The minimum Gasteiger partial charge on any atom is -0.468 e. The highest BCUT2D eigenvalue weighted by Crippen LogP contribution is 2.14. The van der Waals surface area contributed by atoms with Crippen molar-refractivity contribution in [3.05, 3.63) is 29.8 Å². The lowest BCUT2D eigenvalue weighted by molar-refractivity contribution is -0.109. The molecule has 0 aliphatic heterocycles. The zero-order chi connectivity index (χ0) is 13.4. The summed E-state index contributed by atoms with van der Waals surface area (Å²) in [6.45, 7) is 4.13. The standard InChI is InChI=1S/C13H16O4S/c1-3-16-9-17-12-6-4-11(5-7-12)13(15)8-18-10(2)14/h4-7H,3,8-9H2,1-2H3. The number of hydrogen-bond acceptors (Lipinski definition) is 5. The van der Waals surface area contributed by atoms with Crippen molar-refractivity contribution >= 4 is 22.7 Å². The number of ether oxygens (including phenoxy) is 2. The predicted molar refractivity (Wildman–Crippen MR) is 71.0 cm³/mol. The van der Waals surface area contributed by atoms with Gasteiger partial charge in [0.25, 0.3) is 0 Å². The van der Waals surface area contributed by atoms with Gasteiger partial charge in [0, 0.05) is 19.1 Å². The molecule has 0 aliphatic carbocycles. The van der Waals surface area contributed by atoms with Gasteiger partial charge in [-0.3, -0.25) is 9.59 Å². The van der Waals surface area contributed by atoms with E-state index in [-0.39, 0.29) is 23.4 Å². The Labute approximate surface area is 111 Å². The Balaban J connectivity index is 2.48. The Morgan fingerprint density at radius 2 is 1.89 bits per heavy atom. The van der Waals surface area contributed by atoms with Crippen LogP contribution >= 0.6 is 11.8 Å². The summed E-state index contributed by atoms with van der Waals surface area (Å²) in [7, 11) is 0. The fourth-order valence-corrected chi connectivity index (χ4v) is 1.68. The van der Waals surface area contributed by atoms with E-state index in [2.05, 4.69) is 0 Å². The van der Waals surface area contributed by atoms with Crippen LogP contribution in [0.5, 0.6) is 5.75 Å². The van der Waals surface area contributed by atoms with Crippen molar-refractivity contribution in [2.75, 3.05) is 19.2 Å². The van der Waals surface area contributed by atoms with Gasteiger partial charge in [0.2, 0.25) is 0 Å². The topological polar surface area (TPSA) is 52.6 Å². The number of ketones is 1. The first-order chi connectivity index (χ1) is 8.63. The van der Waals surface area contributed by atoms with Gasteiger partial charge < -0.3 is 9.47 Å². The first-order valence-corrected chi connectivity index (χ1v) is 6.59. The quantitative estimate of drug-likeness (QED) is 0.432. The van der Waals surface area contributed by atoms with E-state index in [0.29, 0.717) is 17.9 Å². The lowest BCUT2D eigenvalue weighted by atomic mass is 10.1. The Morgan fingerprint density at radius 1 is 1.22 bits per heavy atom. The SMILES string of the molecule is CCOCOc1ccc(C(=O)CSC(C)=O)cc1. The van der Waals surface area contributed by atoms with E-state index in [1.54, 1.807) is 24.3 Å². The molecule has 0 heterocycles. The molecule has 0 amide bonds. The first-order valence-electron chi connectivity index (χ1n) is 5.60. The highest BCUT2D eigenvalue weighted by molar-refractivity contribution is 8.14. The molecular weight excluding hydrogens is 252 g/mol. The van der Waals surface area contributed by atoms with Crippen LogP contribution in [0.3, 0.4) is 0 Å². The van der Waals surface area contributed by atoms with Crippen molar-refractivity contribution in [1.82, 2.24) is 0 Å². The maximum Gasteiger partial charge on any atom is 0.189 e. The molecule has 1 aromatic rings. The fraction of sp³-hybridized carbons (Fsp3) is 0.385. The van der Waals surface area contributed by atoms with Gasteiger partial charge in [0.15, 0.2) is 17.7 Å². The Bertz CT molecular complexity index is 400. The summed E-state index contributed by atoms with van der Waals surface area (Å²) in [6.07, 6.45) is 0. The Morgan fingerprint density at radius 3 is 2.44 bits per heavy atom. The monoisotopic (exact) mass is 268 g/mol. The third-order valence-corrected chi connectivity index (χ3v) is 2.91. The highest BCUT2D eigenvalue weighted by atomic mass is 32.2. The second-order valence-corrected chi connectivity index (χ2v) is 4.64. The molecule has 1 rings (SSSR count). The van der Waals surface area contributed by atoms with E-state index in [4.69, 9.17) is 9.47 Å². The normalized spacial score (nSPS) is 10.1. The smallest absolute Gasteiger partial charge is 0.189 e. The molecule has 0 N–H and O–H groups in total. The minimum atomic E-state index is -0.0634. The molecule has 0 radical (unpaired) electrons. The summed E-state index contributed by atoms with van der Waals surface area (Å²) < 4.78 is 10.3. The number of rotatable bonds is 7. The van der Waals surface area contributed by atoms with Crippen molar-refractivity contribution in [3.8, 4) is 5.75 Å². The van der Waals surface area contributed by atoms with Gasteiger partial charge in [-0.05, 0) is 31.2 Å². The van der Waals surface area contributed by atoms with Crippen LogP contribution in [0.4, 0.5) is 0 Å². The second-order valence-electron chi connectivity index (χ2n) is 3.48. The van der Waals surface area contributed by atoms with Crippen LogP contribution in [-0.4, -0.2) is 30.1 Å². The summed E-state index contributed by atoms with van der Waals surface area (Å²) in [5.74, 6) is 0.764. The van der Waals surface area contributed by atoms with Crippen LogP contribution < -0.4 is 4.74 Å². The molecule has 0 saturated carbocycles. The number of Topliss-reactive ketones (excluding diaryl/α,β-unsaturated/α-hetero) is 1. The van der Waals surface area contributed by atoms with Crippen LogP contribution in [0, 0.1) is 0 Å². The molecule has 0 saturated heterocycles. The van der Waals surface area contributed by atoms with E-state index in [9.17, 15) is 9.59 Å². The lowest BCUT2D eigenvalue weighted by Gasteiger charge is -2.06. The number of carbonyl (C=O) groups excluding carboxylic acids is 2. The van der Waals surface area contributed by atoms with Gasteiger partial charge in [0.05, 0.1) is 5.75 Å². The molecule has 0 unspecified atom stereocenters. The van der Waals surface area contributed by atoms with Crippen molar-refractivity contribution in [2.45, 2.75) is 13.8 Å². The summed E-state index contributed by atoms with van der Waals surface area (Å²) in [5, 5.41) is -0.0555. The van der Waals surface area contributed by atoms with Crippen molar-refractivity contribution in [2.24, 2.45) is 0 Å². The molecule has 0 bridgehead atoms. The summed E-state index contributed by atoms with van der Waals surface area (Å²) >= 11 is 1.02. The number of carbonyl (C=O) groups is 2. The van der Waals surface area contributed by atoms with Crippen LogP contribution in [0.2, 0.25) is 0 Å². The Hall–Kier alpha value is -1.33. The zero-order valence-corrected chi connectivity index (χ0v) is 11.3. The molecule has 0 spiro atoms. The average molecular weight is 268 g/mol. The zero-order valence-electron chi connectivity index (χ0n) is 10.5. The number of benzene rings is 1. The molecule has 0 aromatic heterocycles. The first kappa shape index (κ1) is 14.7. The average Bonchev–Trinajstić information content (AvgIpc) is 2.37. The lowest BCUT2D eigenvalue weighted by Crippen LogP contribution is -2.05. The van der Waals surface area contributed by atoms with Gasteiger partial charge in [-0.2, -0.15) is 0 Å². The van der Waals surface area contributed by atoms with E-state index in [1.165, 1.54) is 6.92 Å². The van der Waals surface area contributed by atoms with E-state index < -0.39 is 0 Å². The van der Waals surface area contributed by atoms with E-state index >= 15 is 0 Å². The van der Waals surface area contributed by atoms with Gasteiger partial charge in [-0.15, -0.1) is 0 Å². The van der Waals surface area contributed by atoms with Crippen molar-refractivity contribution < 1.29 is 19.1 Å². The fourth-order valence-electron chi connectivity index (χ4n) is 1.18. The van der Waals surface area contributed by atoms with Crippen molar-refractivity contribution in [1.29, 1.82) is 0 Å². The molecular formula is C13H16O4S. The molecule has 0 aliphatic rings. The minimum absolute atomic E-state index is 0.0555. The molecule has 5 heteroatoms. The number of thioether (sulfide) groups is 1. The summed E-state index contributed by atoms with van der Waals surface area (Å²) in [6, 6.07) is 6.80. The van der Waals surface area contributed by atoms with Crippen LogP contribution in [0.25, 0.3) is 0 Å². The molecule has 0 atom stereocenters. The van der Waals surface area contributed by atoms with Gasteiger partial charge in [-0.1, -0.05) is 11.8 Å². The summed E-state index contributed by atoms with van der Waals surface area (Å²) in [4.78, 5) is 22.4. The van der Waals surface area contributed by atoms with E-state index in [0.717, 1.165) is 11.8 Å². The Kier molecular flexibility index (Phi) is 6.46. The maximum absolute atomic E-state index is 11.7. The third-order valence-electron chi connectivity index (χ3n) is 2.10. The van der Waals surface area contributed by atoms with Crippen LogP contribution in [0.1, 0.15) is 24.2 Å². The molecule has 0 fully saturated rings. The van der Waals surface area contributed by atoms with Gasteiger partial charge in [0.1, 0.15) is 5.75 Å². The molecule has 4 nitrogen and oxygen atoms in total. The third kappa shape index (κ3) is 5.33. The van der Waals surface area contributed by atoms with Crippen molar-refractivity contribution in [3.63, 3.8) is 0 Å². The summed E-state index contributed by atoms with van der Waals surface area (Å²) in [5.41, 5.74) is 0.576. The predicted octanol–water partition coefficient (Wildman–Crippen LogP) is 2.52. The van der Waals surface area contributed by atoms with Gasteiger partial charge in [-0.25, -0.2) is 0 Å². The highest BCUT2D eigenvalue weighted by Gasteiger charge is 2.07. The van der Waals surface area contributed by atoms with Crippen LogP contribution in [-0.2, 0) is 9.53 Å². The number of hydrogen-bond donors (Lipinski definition) is 0. The van der Waals surface area contributed by atoms with E-state index in [1.807, 2.05) is 6.92 Å². The molecule has 98 valence electrons. The molecule has 1 aromatic carbocycles. The maximum atomic E-state index is 11.7. The largest absolute Gasteiger partial charge is 0.468 e. The van der Waals surface area contributed by atoms with Crippen LogP contribution in [0.15, 0.2) is 24.3 Å². The van der Waals surface area contributed by atoms with Gasteiger partial charge >= 0.3 is 0 Å². The second kappa shape index (κ2) is 7.89. The molecule has 18 heavy (non-hydrogen) atoms.